The fourth-order valence-corrected chi connectivity index (χ4v) is 3.88. The molecule has 2 aromatic rings. The second-order valence-corrected chi connectivity index (χ2v) is 7.26. The van der Waals surface area contributed by atoms with Crippen LogP contribution in [0.1, 0.15) is 47.5 Å². The first-order chi connectivity index (χ1) is 12.6. The fraction of sp³-hybridized carbons (Fsp3) is 0.526. The maximum Gasteiger partial charge on any atom is 0.273 e. The second-order valence-electron chi connectivity index (χ2n) is 7.26. The number of carbonyl (C=O) groups excluding carboxylic acids is 1. The molecule has 3 heterocycles. The second kappa shape index (κ2) is 7.07. The van der Waals surface area contributed by atoms with Crippen LogP contribution in [0.2, 0.25) is 0 Å². The molecule has 2 aliphatic rings. The minimum atomic E-state index is -0.977. The molecule has 7 heteroatoms. The van der Waals surface area contributed by atoms with Crippen molar-refractivity contribution >= 4 is 11.7 Å². The molecule has 1 atom stereocenters. The summed E-state index contributed by atoms with van der Waals surface area (Å²) in [7, 11) is 0. The van der Waals surface area contributed by atoms with Gasteiger partial charge in [-0.2, -0.15) is 0 Å². The number of piperidine rings is 1. The summed E-state index contributed by atoms with van der Waals surface area (Å²) in [5.41, 5.74) is 0.329. The predicted octanol–water partition coefficient (Wildman–Crippen LogP) is 1.71. The molecule has 138 valence electrons. The number of hydrogen-bond donors (Lipinski definition) is 2. The maximum atomic E-state index is 12.5. The Bertz CT molecular complexity index is 776. The number of nitrogens with zero attached hydrogens (tertiary/aromatic N) is 3. The van der Waals surface area contributed by atoms with Gasteiger partial charge in [0.05, 0.1) is 5.60 Å². The number of pyridine rings is 1. The van der Waals surface area contributed by atoms with E-state index in [-0.39, 0.29) is 12.5 Å². The van der Waals surface area contributed by atoms with Gasteiger partial charge in [0.2, 0.25) is 0 Å². The molecular weight excluding hydrogens is 332 g/mol. The average Bonchev–Trinajstić information content (AvgIpc) is 3.11. The molecule has 2 aromatic heterocycles. The van der Waals surface area contributed by atoms with Crippen molar-refractivity contribution in [3.8, 4) is 0 Å². The van der Waals surface area contributed by atoms with Gasteiger partial charge >= 0.3 is 0 Å². The summed E-state index contributed by atoms with van der Waals surface area (Å²) in [6.45, 7) is 1.49. The van der Waals surface area contributed by atoms with E-state index in [1.807, 2.05) is 18.2 Å². The summed E-state index contributed by atoms with van der Waals surface area (Å²) in [5, 5.41) is 17.8. The standard InChI is InChI=1S/C19H24N4O3/c24-18(17-14-6-1-2-7-15(14)26-22-17)21-12-19(25)9-5-11-23(13-19)16-8-3-4-10-20-16/h3-4,8,10,25H,1-2,5-7,9,11-13H2,(H,21,24). The lowest BCUT2D eigenvalue weighted by atomic mass is 9.92. The molecule has 1 aliphatic heterocycles. The highest BCUT2D eigenvalue weighted by atomic mass is 16.5. The van der Waals surface area contributed by atoms with Crippen LogP contribution in [0, 0.1) is 0 Å². The molecule has 1 aliphatic carbocycles. The highest BCUT2D eigenvalue weighted by Gasteiger charge is 2.35. The largest absolute Gasteiger partial charge is 0.386 e. The van der Waals surface area contributed by atoms with E-state index in [9.17, 15) is 9.90 Å². The zero-order chi connectivity index (χ0) is 18.0. The quantitative estimate of drug-likeness (QED) is 0.867. The van der Waals surface area contributed by atoms with Gasteiger partial charge in [0.25, 0.3) is 5.91 Å². The zero-order valence-corrected chi connectivity index (χ0v) is 14.8. The fourth-order valence-electron chi connectivity index (χ4n) is 3.88. The summed E-state index contributed by atoms with van der Waals surface area (Å²) in [5.74, 6) is 1.42. The monoisotopic (exact) mass is 356 g/mol. The van der Waals surface area contributed by atoms with Gasteiger partial charge in [-0.25, -0.2) is 4.98 Å². The van der Waals surface area contributed by atoms with Gasteiger partial charge in [0, 0.05) is 37.8 Å². The van der Waals surface area contributed by atoms with E-state index < -0.39 is 5.60 Å². The lowest BCUT2D eigenvalue weighted by Crippen LogP contribution is -2.54. The number of rotatable bonds is 4. The number of fused-ring (bicyclic) bond motifs is 1. The van der Waals surface area contributed by atoms with E-state index in [0.717, 1.165) is 55.8 Å². The van der Waals surface area contributed by atoms with Gasteiger partial charge in [-0.05, 0) is 44.2 Å². The third-order valence-electron chi connectivity index (χ3n) is 5.27. The Labute approximate surface area is 152 Å². The average molecular weight is 356 g/mol. The smallest absolute Gasteiger partial charge is 0.273 e. The van der Waals surface area contributed by atoms with Crippen molar-refractivity contribution in [1.29, 1.82) is 0 Å². The third kappa shape index (κ3) is 3.44. The van der Waals surface area contributed by atoms with Gasteiger partial charge in [0.15, 0.2) is 5.69 Å². The van der Waals surface area contributed by atoms with E-state index in [2.05, 4.69) is 20.4 Å². The van der Waals surface area contributed by atoms with Crippen molar-refractivity contribution in [2.45, 2.75) is 44.1 Å². The number of hydrogen-bond acceptors (Lipinski definition) is 6. The number of anilines is 1. The van der Waals surface area contributed by atoms with E-state index in [1.54, 1.807) is 6.20 Å². The van der Waals surface area contributed by atoms with Crippen LogP contribution in [0.15, 0.2) is 28.9 Å². The normalized spacial score (nSPS) is 22.7. The summed E-state index contributed by atoms with van der Waals surface area (Å²) in [6.07, 6.45) is 7.05. The molecule has 26 heavy (non-hydrogen) atoms. The molecule has 0 radical (unpaired) electrons. The molecule has 7 nitrogen and oxygen atoms in total. The molecule has 1 saturated heterocycles. The Morgan fingerprint density at radius 3 is 3.04 bits per heavy atom. The third-order valence-corrected chi connectivity index (χ3v) is 5.27. The summed E-state index contributed by atoms with van der Waals surface area (Å²) in [6, 6.07) is 5.75. The summed E-state index contributed by atoms with van der Waals surface area (Å²) >= 11 is 0. The number of carbonyl (C=O) groups is 1. The van der Waals surface area contributed by atoms with Gasteiger partial charge < -0.3 is 19.8 Å². The van der Waals surface area contributed by atoms with Crippen molar-refractivity contribution in [3.63, 3.8) is 0 Å². The molecule has 1 amide bonds. The number of aromatic nitrogens is 2. The van der Waals surface area contributed by atoms with Gasteiger partial charge in [-0.3, -0.25) is 4.79 Å². The van der Waals surface area contributed by atoms with Gasteiger partial charge in [0.1, 0.15) is 11.6 Å². The molecule has 0 bridgehead atoms. The van der Waals surface area contributed by atoms with Crippen LogP contribution in [0.4, 0.5) is 5.82 Å². The topological polar surface area (TPSA) is 91.5 Å². The van der Waals surface area contributed by atoms with Crippen molar-refractivity contribution in [3.05, 3.63) is 41.4 Å². The highest BCUT2D eigenvalue weighted by Crippen LogP contribution is 2.26. The number of β-amino-alcohol motifs (C(OH)–C–C–N with tert-alkyl or cyclic N) is 1. The van der Waals surface area contributed by atoms with Crippen LogP contribution < -0.4 is 10.2 Å². The Balaban J connectivity index is 1.40. The minimum Gasteiger partial charge on any atom is -0.386 e. The Morgan fingerprint density at radius 1 is 1.31 bits per heavy atom. The maximum absolute atomic E-state index is 12.5. The zero-order valence-electron chi connectivity index (χ0n) is 14.8. The van der Waals surface area contributed by atoms with Crippen LogP contribution in [0.25, 0.3) is 0 Å². The van der Waals surface area contributed by atoms with Crippen molar-refractivity contribution in [2.24, 2.45) is 0 Å². The van der Waals surface area contributed by atoms with Crippen LogP contribution in [-0.2, 0) is 12.8 Å². The van der Waals surface area contributed by atoms with Gasteiger partial charge in [-0.15, -0.1) is 0 Å². The number of aryl methyl sites for hydroxylation is 1. The van der Waals surface area contributed by atoms with Crippen LogP contribution in [-0.4, -0.2) is 46.4 Å². The number of nitrogens with one attached hydrogen (secondary N) is 1. The molecule has 0 spiro atoms. The molecular formula is C19H24N4O3. The van der Waals surface area contributed by atoms with E-state index in [4.69, 9.17) is 4.52 Å². The van der Waals surface area contributed by atoms with Crippen LogP contribution >= 0.6 is 0 Å². The molecule has 1 unspecified atom stereocenters. The van der Waals surface area contributed by atoms with E-state index in [0.29, 0.717) is 18.7 Å². The first kappa shape index (κ1) is 17.0. The summed E-state index contributed by atoms with van der Waals surface area (Å²) in [4.78, 5) is 19.0. The molecule has 2 N–H and O–H groups in total. The highest BCUT2D eigenvalue weighted by molar-refractivity contribution is 5.93. The predicted molar refractivity (Wildman–Crippen MR) is 96.1 cm³/mol. The molecule has 1 fully saturated rings. The number of aliphatic hydroxyl groups is 1. The van der Waals surface area contributed by atoms with Gasteiger partial charge in [-0.1, -0.05) is 11.2 Å². The van der Waals surface area contributed by atoms with Crippen molar-refractivity contribution < 1.29 is 14.4 Å². The van der Waals surface area contributed by atoms with Crippen LogP contribution in [0.3, 0.4) is 0 Å². The first-order valence-corrected chi connectivity index (χ1v) is 9.29. The first-order valence-electron chi connectivity index (χ1n) is 9.29. The molecule has 0 aromatic carbocycles. The summed E-state index contributed by atoms with van der Waals surface area (Å²) < 4.78 is 5.31. The number of amides is 1. The molecule has 4 rings (SSSR count). The van der Waals surface area contributed by atoms with E-state index in [1.165, 1.54) is 0 Å². The van der Waals surface area contributed by atoms with Crippen molar-refractivity contribution in [2.75, 3.05) is 24.5 Å². The molecule has 0 saturated carbocycles. The lowest BCUT2D eigenvalue weighted by molar-refractivity contribution is 0.0253. The Kier molecular flexibility index (Phi) is 4.63. The van der Waals surface area contributed by atoms with Crippen molar-refractivity contribution in [1.82, 2.24) is 15.5 Å². The van der Waals surface area contributed by atoms with Crippen LogP contribution in [0.5, 0.6) is 0 Å². The SMILES string of the molecule is O=C(NCC1(O)CCCN(c2ccccn2)C1)c1noc2c1CCCC2. The Morgan fingerprint density at radius 2 is 2.19 bits per heavy atom. The minimum absolute atomic E-state index is 0.191. The Hall–Kier alpha value is -2.41. The lowest BCUT2D eigenvalue weighted by Gasteiger charge is -2.39. The van der Waals surface area contributed by atoms with E-state index >= 15 is 0 Å².